The van der Waals surface area contributed by atoms with Gasteiger partial charge >= 0.3 is 18.9 Å². The largest absolute Gasteiger partial charge is 1.00 e. The van der Waals surface area contributed by atoms with Crippen LogP contribution in [0.3, 0.4) is 0 Å². The van der Waals surface area contributed by atoms with E-state index in [0.717, 1.165) is 0 Å². The number of hydrogen-bond donors (Lipinski definition) is 0. The van der Waals surface area contributed by atoms with Gasteiger partial charge in [0.25, 0.3) is 0 Å². The smallest absolute Gasteiger partial charge is 0.854 e. The molecule has 23 heavy (non-hydrogen) atoms. The Kier molecular flexibility index (Phi) is 7.09. The zero-order chi connectivity index (χ0) is 15.2. The van der Waals surface area contributed by atoms with Gasteiger partial charge in [0.1, 0.15) is 0 Å². The van der Waals surface area contributed by atoms with E-state index in [4.69, 9.17) is 0 Å². The Balaban J connectivity index is 0.00000192. The van der Waals surface area contributed by atoms with Crippen LogP contribution < -0.4 is 39.9 Å². The molecule has 3 rings (SSSR count). The van der Waals surface area contributed by atoms with Crippen molar-refractivity contribution >= 4 is 23.8 Å². The van der Waals surface area contributed by atoms with E-state index in [1.165, 1.54) is 21.5 Å². The second kappa shape index (κ2) is 9.07. The summed E-state index contributed by atoms with van der Waals surface area (Å²) in [5.41, 5.74) is 1.18. The van der Waals surface area contributed by atoms with Crippen molar-refractivity contribution in [2.45, 2.75) is 6.42 Å². The van der Waals surface area contributed by atoms with Gasteiger partial charge in [0.05, 0.1) is 0 Å². The molecule has 0 bridgehead atoms. The van der Waals surface area contributed by atoms with Gasteiger partial charge in [0, 0.05) is 0 Å². The van der Waals surface area contributed by atoms with Crippen molar-refractivity contribution in [1.29, 1.82) is 0 Å². The Morgan fingerprint density at radius 1 is 0.652 bits per heavy atom. The molecule has 0 spiro atoms. The summed E-state index contributed by atoms with van der Waals surface area (Å²) in [6, 6.07) is 29.6. The maximum atomic E-state index is 11.2. The van der Waals surface area contributed by atoms with Crippen LogP contribution in [-0.2, 0) is 6.42 Å². The van der Waals surface area contributed by atoms with Crippen molar-refractivity contribution in [3.63, 3.8) is 0 Å². The maximum absolute atomic E-state index is 11.2. The van der Waals surface area contributed by atoms with Crippen LogP contribution in [0.2, 0.25) is 0 Å². The zero-order valence-electron chi connectivity index (χ0n) is 13.4. The molecule has 0 N–H and O–H groups in total. The summed E-state index contributed by atoms with van der Waals surface area (Å²) < 4.78 is 0. The summed E-state index contributed by atoms with van der Waals surface area (Å²) in [6.45, 7) is -0.0657. The van der Waals surface area contributed by atoms with Gasteiger partial charge in [0.2, 0.25) is 0 Å². The minimum absolute atomic E-state index is 0. The molecule has 0 saturated carbocycles. The molecular formula is C20H18LiOP. The fourth-order valence-corrected chi connectivity index (χ4v) is 5.14. The molecule has 0 amide bonds. The maximum Gasteiger partial charge on any atom is 1.00 e. The molecule has 3 aromatic rings. The molecule has 0 radical (unpaired) electrons. The van der Waals surface area contributed by atoms with E-state index in [0.29, 0.717) is 6.42 Å². The van der Waals surface area contributed by atoms with Crippen molar-refractivity contribution in [3.8, 4) is 0 Å². The van der Waals surface area contributed by atoms with Crippen molar-refractivity contribution in [3.05, 3.63) is 90.5 Å². The summed E-state index contributed by atoms with van der Waals surface area (Å²) in [7, 11) is -0.617. The molecule has 1 nitrogen and oxygen atoms in total. The molecule has 0 aliphatic carbocycles. The van der Waals surface area contributed by atoms with Crippen LogP contribution >= 0.6 is 7.92 Å². The normalized spacial score (nSPS) is 10.3. The van der Waals surface area contributed by atoms with Gasteiger partial charge in [-0.2, -0.15) is 0 Å². The zero-order valence-corrected chi connectivity index (χ0v) is 14.2. The van der Waals surface area contributed by atoms with E-state index in [1.54, 1.807) is 0 Å². The average Bonchev–Trinajstić information content (AvgIpc) is 2.59. The van der Waals surface area contributed by atoms with Gasteiger partial charge in [-0.05, 0) is 35.8 Å². The van der Waals surface area contributed by atoms with E-state index in [9.17, 15) is 5.11 Å². The molecule has 0 fully saturated rings. The second-order valence-electron chi connectivity index (χ2n) is 5.09. The minimum Gasteiger partial charge on any atom is -0.854 e. The summed E-state index contributed by atoms with van der Waals surface area (Å²) >= 11 is 0. The first-order valence-corrected chi connectivity index (χ1v) is 8.80. The minimum atomic E-state index is -0.617. The summed E-state index contributed by atoms with van der Waals surface area (Å²) in [5, 5.41) is 15.1. The Labute approximate surface area is 151 Å². The molecule has 0 aliphatic heterocycles. The van der Waals surface area contributed by atoms with Crippen LogP contribution in [0.1, 0.15) is 5.56 Å². The third kappa shape index (κ3) is 4.35. The molecule has 0 aromatic heterocycles. The first-order chi connectivity index (χ1) is 10.9. The summed E-state index contributed by atoms with van der Waals surface area (Å²) in [4.78, 5) is 0. The van der Waals surface area contributed by atoms with Crippen LogP contribution in [0.25, 0.3) is 0 Å². The van der Waals surface area contributed by atoms with Gasteiger partial charge in [-0.15, -0.1) is 6.61 Å². The van der Waals surface area contributed by atoms with E-state index < -0.39 is 7.92 Å². The number of hydrogen-bond acceptors (Lipinski definition) is 1. The van der Waals surface area contributed by atoms with E-state index in [2.05, 4.69) is 66.7 Å². The first kappa shape index (κ1) is 18.0. The fourth-order valence-electron chi connectivity index (χ4n) is 2.63. The predicted molar refractivity (Wildman–Crippen MR) is 93.7 cm³/mol. The summed E-state index contributed by atoms with van der Waals surface area (Å²) in [6.07, 6.45) is 0.592. The quantitative estimate of drug-likeness (QED) is 0.454. The van der Waals surface area contributed by atoms with Crippen molar-refractivity contribution in [2.75, 3.05) is 6.61 Å². The molecule has 0 unspecified atom stereocenters. The molecule has 0 atom stereocenters. The first-order valence-electron chi connectivity index (χ1n) is 7.46. The van der Waals surface area contributed by atoms with Crippen LogP contribution in [0.5, 0.6) is 0 Å². The van der Waals surface area contributed by atoms with Crippen molar-refractivity contribution < 1.29 is 24.0 Å². The van der Waals surface area contributed by atoms with Crippen LogP contribution in [0, 0.1) is 0 Å². The topological polar surface area (TPSA) is 23.1 Å². The third-order valence-electron chi connectivity index (χ3n) is 3.63. The predicted octanol–water partition coefficient (Wildman–Crippen LogP) is -0.648. The molecule has 3 heteroatoms. The Hall–Kier alpha value is -1.35. The van der Waals surface area contributed by atoms with E-state index in [1.807, 2.05) is 18.2 Å². The van der Waals surface area contributed by atoms with Gasteiger partial charge < -0.3 is 5.11 Å². The third-order valence-corrected chi connectivity index (χ3v) is 6.18. The molecular weight excluding hydrogens is 294 g/mol. The second-order valence-corrected chi connectivity index (χ2v) is 7.27. The van der Waals surface area contributed by atoms with Crippen LogP contribution in [0.15, 0.2) is 84.9 Å². The van der Waals surface area contributed by atoms with Gasteiger partial charge in [0.15, 0.2) is 0 Å². The van der Waals surface area contributed by atoms with Crippen molar-refractivity contribution in [1.82, 2.24) is 0 Å². The molecule has 110 valence electrons. The van der Waals surface area contributed by atoms with Gasteiger partial charge in [-0.25, -0.2) is 0 Å². The Bertz CT molecular complexity index is 676. The number of benzene rings is 3. The van der Waals surface area contributed by atoms with Crippen molar-refractivity contribution in [2.24, 2.45) is 0 Å². The van der Waals surface area contributed by atoms with Crippen LogP contribution in [-0.4, -0.2) is 6.61 Å². The monoisotopic (exact) mass is 312 g/mol. The van der Waals surface area contributed by atoms with Crippen LogP contribution in [0.4, 0.5) is 0 Å². The summed E-state index contributed by atoms with van der Waals surface area (Å²) in [5.74, 6) is 0. The standard InChI is InChI=1S/C20H18OP.Li/c21-16-15-17-9-7-8-14-20(17)22(18-10-3-1-4-11-18)19-12-5-2-6-13-19;/h1-14H,15-16H2;/q-1;+1. The van der Waals surface area contributed by atoms with E-state index >= 15 is 0 Å². The molecule has 3 aromatic carbocycles. The Morgan fingerprint density at radius 3 is 1.65 bits per heavy atom. The molecule has 0 heterocycles. The SMILES string of the molecule is [Li+].[O-]CCc1ccccc1P(c1ccccc1)c1ccccc1. The van der Waals surface area contributed by atoms with E-state index in [-0.39, 0.29) is 25.5 Å². The molecule has 0 aliphatic rings. The van der Waals surface area contributed by atoms with Gasteiger partial charge in [-0.1, -0.05) is 84.9 Å². The average molecular weight is 312 g/mol. The molecule has 0 saturated heterocycles. The number of rotatable bonds is 5. The Morgan fingerprint density at radius 2 is 1.13 bits per heavy atom. The fraction of sp³-hybridized carbons (Fsp3) is 0.100. The van der Waals surface area contributed by atoms with Gasteiger partial charge in [-0.3, -0.25) is 0 Å².